The fourth-order valence-electron chi connectivity index (χ4n) is 3.43. The molecule has 0 radical (unpaired) electrons. The van der Waals surface area contributed by atoms with Crippen molar-refractivity contribution in [2.45, 2.75) is 47.1 Å². The van der Waals surface area contributed by atoms with Gasteiger partial charge in [-0.15, -0.1) is 0 Å². The van der Waals surface area contributed by atoms with Crippen molar-refractivity contribution in [1.82, 2.24) is 0 Å². The Morgan fingerprint density at radius 3 is 1.94 bits per heavy atom. The molecule has 0 spiro atoms. The maximum absolute atomic E-state index is 6.40. The molecule has 1 aliphatic rings. The first-order chi connectivity index (χ1) is 7.76. The normalized spacial score (nSPS) is 23.4. The topological polar surface area (TPSA) is 26.0 Å². The molecule has 1 heteroatoms. The van der Waals surface area contributed by atoms with Gasteiger partial charge < -0.3 is 5.73 Å². The summed E-state index contributed by atoms with van der Waals surface area (Å²) in [5, 5.41) is 0. The Bertz CT molecular complexity index is 386. The van der Waals surface area contributed by atoms with Gasteiger partial charge in [-0.25, -0.2) is 0 Å². The second-order valence-electron chi connectivity index (χ2n) is 6.77. The van der Waals surface area contributed by atoms with Crippen LogP contribution in [0.15, 0.2) is 24.3 Å². The molecule has 0 saturated heterocycles. The number of aryl methyl sites for hydroxylation is 1. The van der Waals surface area contributed by atoms with Crippen LogP contribution in [0.4, 0.5) is 0 Å². The molecule has 1 nitrogen and oxygen atoms in total. The lowest BCUT2D eigenvalue weighted by Gasteiger charge is -2.14. The van der Waals surface area contributed by atoms with Crippen LogP contribution in [0.1, 0.15) is 38.8 Å². The standard InChI is InChI=1S/C16H25N/c1-11-6-8-12(9-7-11)10-13(17)14-15(2,3)16(14,4)5/h6-9,13-14H,10,17H2,1-5H3. The van der Waals surface area contributed by atoms with Crippen molar-refractivity contribution in [3.05, 3.63) is 35.4 Å². The molecule has 0 heterocycles. The summed E-state index contributed by atoms with van der Waals surface area (Å²) in [5.41, 5.74) is 9.85. The van der Waals surface area contributed by atoms with Crippen LogP contribution in [0.5, 0.6) is 0 Å². The van der Waals surface area contributed by atoms with E-state index in [-0.39, 0.29) is 6.04 Å². The van der Waals surface area contributed by atoms with E-state index < -0.39 is 0 Å². The molecule has 0 bridgehead atoms. The molecule has 0 aromatic heterocycles. The minimum Gasteiger partial charge on any atom is -0.327 e. The number of hydrogen-bond acceptors (Lipinski definition) is 1. The number of hydrogen-bond donors (Lipinski definition) is 1. The van der Waals surface area contributed by atoms with E-state index >= 15 is 0 Å². The zero-order chi connectivity index (χ0) is 12.8. The fraction of sp³-hybridized carbons (Fsp3) is 0.625. The van der Waals surface area contributed by atoms with Crippen molar-refractivity contribution in [2.24, 2.45) is 22.5 Å². The lowest BCUT2D eigenvalue weighted by atomic mass is 9.97. The van der Waals surface area contributed by atoms with Gasteiger partial charge in [-0.1, -0.05) is 57.5 Å². The molecule has 0 aliphatic heterocycles. The van der Waals surface area contributed by atoms with Gasteiger partial charge in [-0.05, 0) is 35.7 Å². The van der Waals surface area contributed by atoms with Crippen molar-refractivity contribution in [3.8, 4) is 0 Å². The van der Waals surface area contributed by atoms with Crippen LogP contribution in [-0.4, -0.2) is 6.04 Å². The molecule has 2 rings (SSSR count). The average molecular weight is 231 g/mol. The third-order valence-corrected chi connectivity index (χ3v) is 5.15. The first-order valence-corrected chi connectivity index (χ1v) is 6.58. The van der Waals surface area contributed by atoms with Crippen molar-refractivity contribution >= 4 is 0 Å². The SMILES string of the molecule is Cc1ccc(CC(N)C2C(C)(C)C2(C)C)cc1. The van der Waals surface area contributed by atoms with Crippen molar-refractivity contribution < 1.29 is 0 Å². The first kappa shape index (κ1) is 12.6. The highest BCUT2D eigenvalue weighted by molar-refractivity contribution is 5.24. The van der Waals surface area contributed by atoms with Gasteiger partial charge in [-0.3, -0.25) is 0 Å². The Morgan fingerprint density at radius 1 is 1.06 bits per heavy atom. The molecule has 1 atom stereocenters. The predicted molar refractivity (Wildman–Crippen MR) is 73.9 cm³/mol. The molecule has 1 aromatic carbocycles. The lowest BCUT2D eigenvalue weighted by Crippen LogP contribution is -2.28. The molecule has 0 amide bonds. The Morgan fingerprint density at radius 2 is 1.53 bits per heavy atom. The highest BCUT2D eigenvalue weighted by atomic mass is 14.8. The van der Waals surface area contributed by atoms with Crippen LogP contribution in [0.25, 0.3) is 0 Å². The summed E-state index contributed by atoms with van der Waals surface area (Å²) in [4.78, 5) is 0. The second-order valence-corrected chi connectivity index (χ2v) is 6.77. The monoisotopic (exact) mass is 231 g/mol. The maximum atomic E-state index is 6.40. The van der Waals surface area contributed by atoms with Gasteiger partial charge >= 0.3 is 0 Å². The Kier molecular flexibility index (Phi) is 2.86. The Labute approximate surface area is 105 Å². The summed E-state index contributed by atoms with van der Waals surface area (Å²) in [6.07, 6.45) is 0.998. The van der Waals surface area contributed by atoms with Crippen LogP contribution in [0.3, 0.4) is 0 Å². The van der Waals surface area contributed by atoms with Gasteiger partial charge in [-0.2, -0.15) is 0 Å². The van der Waals surface area contributed by atoms with Gasteiger partial charge in [0.15, 0.2) is 0 Å². The summed E-state index contributed by atoms with van der Waals surface area (Å²) in [6, 6.07) is 9.04. The van der Waals surface area contributed by atoms with Crippen molar-refractivity contribution in [2.75, 3.05) is 0 Å². The fourth-order valence-corrected chi connectivity index (χ4v) is 3.43. The highest BCUT2D eigenvalue weighted by Gasteiger charge is 2.66. The van der Waals surface area contributed by atoms with Crippen LogP contribution >= 0.6 is 0 Å². The number of rotatable bonds is 3. The zero-order valence-electron chi connectivity index (χ0n) is 11.7. The van der Waals surface area contributed by atoms with Gasteiger partial charge in [0, 0.05) is 6.04 Å². The molecule has 94 valence electrons. The molecule has 1 saturated carbocycles. The molecule has 2 N–H and O–H groups in total. The predicted octanol–water partition coefficient (Wildman–Crippen LogP) is 3.55. The highest BCUT2D eigenvalue weighted by Crippen LogP contribution is 2.69. The van der Waals surface area contributed by atoms with E-state index in [0.29, 0.717) is 16.7 Å². The van der Waals surface area contributed by atoms with E-state index in [0.717, 1.165) is 6.42 Å². The molecule has 1 aromatic rings. The van der Waals surface area contributed by atoms with Crippen LogP contribution in [0, 0.1) is 23.7 Å². The summed E-state index contributed by atoms with van der Waals surface area (Å²) < 4.78 is 0. The van der Waals surface area contributed by atoms with E-state index in [1.165, 1.54) is 11.1 Å². The van der Waals surface area contributed by atoms with Crippen LogP contribution in [-0.2, 0) is 6.42 Å². The van der Waals surface area contributed by atoms with Gasteiger partial charge in [0.1, 0.15) is 0 Å². The van der Waals surface area contributed by atoms with Crippen LogP contribution < -0.4 is 5.73 Å². The molecular formula is C16H25N. The quantitative estimate of drug-likeness (QED) is 0.846. The lowest BCUT2D eigenvalue weighted by molar-refractivity contribution is 0.457. The Hall–Kier alpha value is -0.820. The minimum absolute atomic E-state index is 0.280. The smallest absolute Gasteiger partial charge is 0.0118 e. The largest absolute Gasteiger partial charge is 0.327 e. The van der Waals surface area contributed by atoms with E-state index in [1.54, 1.807) is 0 Å². The van der Waals surface area contributed by atoms with E-state index in [9.17, 15) is 0 Å². The molecule has 1 fully saturated rings. The zero-order valence-corrected chi connectivity index (χ0v) is 11.7. The summed E-state index contributed by atoms with van der Waals surface area (Å²) in [6.45, 7) is 11.5. The van der Waals surface area contributed by atoms with Crippen molar-refractivity contribution in [1.29, 1.82) is 0 Å². The van der Waals surface area contributed by atoms with E-state index in [2.05, 4.69) is 58.9 Å². The van der Waals surface area contributed by atoms with Crippen molar-refractivity contribution in [3.63, 3.8) is 0 Å². The summed E-state index contributed by atoms with van der Waals surface area (Å²) in [5.74, 6) is 0.635. The summed E-state index contributed by atoms with van der Waals surface area (Å²) >= 11 is 0. The maximum Gasteiger partial charge on any atom is 0.0118 e. The van der Waals surface area contributed by atoms with Gasteiger partial charge in [0.05, 0.1) is 0 Å². The van der Waals surface area contributed by atoms with E-state index in [1.807, 2.05) is 0 Å². The molecule has 1 unspecified atom stereocenters. The number of nitrogens with two attached hydrogens (primary N) is 1. The average Bonchev–Trinajstić information content (AvgIpc) is 2.61. The molecule has 1 aliphatic carbocycles. The first-order valence-electron chi connectivity index (χ1n) is 6.58. The third kappa shape index (κ3) is 2.01. The second kappa shape index (κ2) is 3.84. The number of benzene rings is 1. The third-order valence-electron chi connectivity index (χ3n) is 5.15. The van der Waals surface area contributed by atoms with E-state index in [4.69, 9.17) is 5.73 Å². The molecular weight excluding hydrogens is 206 g/mol. The van der Waals surface area contributed by atoms with Gasteiger partial charge in [0.25, 0.3) is 0 Å². The van der Waals surface area contributed by atoms with Gasteiger partial charge in [0.2, 0.25) is 0 Å². The minimum atomic E-state index is 0.280. The Balaban J connectivity index is 2.04. The van der Waals surface area contributed by atoms with Crippen LogP contribution in [0.2, 0.25) is 0 Å². The molecule has 17 heavy (non-hydrogen) atoms. The summed E-state index contributed by atoms with van der Waals surface area (Å²) in [7, 11) is 0.